The number of carbonyl (C=O) groups excluding carboxylic acids is 1. The minimum absolute atomic E-state index is 0.0262. The molecule has 58 heavy (non-hydrogen) atoms. The quantitative estimate of drug-likeness (QED) is 0.0306. The number of esters is 1. The highest BCUT2D eigenvalue weighted by molar-refractivity contribution is 7.47. The summed E-state index contributed by atoms with van der Waals surface area (Å²) in [5.74, 6) is -1.76. The Bertz CT molecular complexity index is 940. The molecule has 0 amide bonds. The molecule has 3 atom stereocenters. The molecule has 3 unspecified atom stereocenters. The van der Waals surface area contributed by atoms with E-state index in [0.29, 0.717) is 6.61 Å². The number of ether oxygens (including phenoxy) is 2. The summed E-state index contributed by atoms with van der Waals surface area (Å²) < 4.78 is 33.5. The second-order valence-corrected chi connectivity index (χ2v) is 18.4. The van der Waals surface area contributed by atoms with E-state index in [1.54, 1.807) is 0 Å². The Morgan fingerprint density at radius 2 is 0.793 bits per heavy atom. The number of nitrogens with two attached hydrogens (primary N) is 1. The molecule has 0 saturated heterocycles. The molecule has 0 aromatic carbocycles. The maximum absolute atomic E-state index is 12.7. The van der Waals surface area contributed by atoms with Crippen molar-refractivity contribution in [1.82, 2.24) is 0 Å². The molecule has 0 aliphatic carbocycles. The fraction of sp³-hybridized carbons (Fsp3) is 0.957. The summed E-state index contributed by atoms with van der Waals surface area (Å²) >= 11 is 0. The van der Waals surface area contributed by atoms with Crippen LogP contribution in [0.5, 0.6) is 0 Å². The number of aliphatic carboxylic acids is 1. The zero-order valence-corrected chi connectivity index (χ0v) is 38.8. The summed E-state index contributed by atoms with van der Waals surface area (Å²) in [5, 5.41) is 8.91. The predicted molar refractivity (Wildman–Crippen MR) is 240 cm³/mol. The van der Waals surface area contributed by atoms with E-state index in [9.17, 15) is 19.0 Å². The Morgan fingerprint density at radius 1 is 0.483 bits per heavy atom. The Hall–Kier alpha value is -1.03. The molecule has 0 radical (unpaired) electrons. The van der Waals surface area contributed by atoms with Crippen LogP contribution in [0, 0.1) is 0 Å². The largest absolute Gasteiger partial charge is 0.480 e. The molecule has 11 heteroatoms. The normalized spacial score (nSPS) is 13.7. The van der Waals surface area contributed by atoms with Crippen LogP contribution in [0.25, 0.3) is 0 Å². The van der Waals surface area contributed by atoms with Gasteiger partial charge in [0.25, 0.3) is 0 Å². The lowest BCUT2D eigenvalue weighted by molar-refractivity contribution is -0.154. The standard InChI is InChI=1S/C47H94NO9P/c1-3-5-7-9-11-13-15-17-19-20-21-22-23-24-26-28-30-32-34-36-38-40-54-41-44(42-55-58(52,53)56-43-45(48)47(50)51)57-46(49)39-37-35-33-31-29-27-25-18-16-14-12-10-8-6-4-2/h44-45H,3-43,48H2,1-2H3,(H,50,51)(H,52,53). The average Bonchev–Trinajstić information content (AvgIpc) is 3.20. The summed E-state index contributed by atoms with van der Waals surface area (Å²) in [5.41, 5.74) is 5.37. The van der Waals surface area contributed by atoms with Gasteiger partial charge < -0.3 is 25.2 Å². The maximum Gasteiger partial charge on any atom is 0.472 e. The number of rotatable bonds is 48. The van der Waals surface area contributed by atoms with E-state index in [2.05, 4.69) is 13.8 Å². The van der Waals surface area contributed by atoms with Crippen LogP contribution in [0.1, 0.15) is 251 Å². The molecule has 10 nitrogen and oxygen atoms in total. The van der Waals surface area contributed by atoms with Crippen molar-refractivity contribution in [2.24, 2.45) is 5.73 Å². The molecular weight excluding hydrogens is 753 g/mol. The van der Waals surface area contributed by atoms with Crippen LogP contribution in [0.4, 0.5) is 0 Å². The van der Waals surface area contributed by atoms with Crippen molar-refractivity contribution in [3.05, 3.63) is 0 Å². The lowest BCUT2D eigenvalue weighted by atomic mass is 10.0. The molecule has 0 bridgehead atoms. The fourth-order valence-electron chi connectivity index (χ4n) is 7.31. The second kappa shape index (κ2) is 44.0. The van der Waals surface area contributed by atoms with Crippen LogP contribution in [-0.2, 0) is 32.7 Å². The van der Waals surface area contributed by atoms with Gasteiger partial charge in [-0.1, -0.05) is 232 Å². The van der Waals surface area contributed by atoms with Crippen LogP contribution in [0.2, 0.25) is 0 Å². The van der Waals surface area contributed by atoms with E-state index in [4.69, 9.17) is 29.4 Å². The van der Waals surface area contributed by atoms with Crippen molar-refractivity contribution in [2.75, 3.05) is 26.4 Å². The van der Waals surface area contributed by atoms with Crippen molar-refractivity contribution >= 4 is 19.8 Å². The molecule has 0 fully saturated rings. The molecule has 0 aromatic rings. The van der Waals surface area contributed by atoms with E-state index >= 15 is 0 Å². The fourth-order valence-corrected chi connectivity index (χ4v) is 8.09. The zero-order valence-electron chi connectivity index (χ0n) is 37.9. The molecule has 0 spiro atoms. The van der Waals surface area contributed by atoms with Gasteiger partial charge in [0.05, 0.1) is 19.8 Å². The number of unbranched alkanes of at least 4 members (excludes halogenated alkanes) is 34. The van der Waals surface area contributed by atoms with Crippen molar-refractivity contribution < 1.29 is 42.7 Å². The van der Waals surface area contributed by atoms with Gasteiger partial charge in [0.2, 0.25) is 0 Å². The summed E-state index contributed by atoms with van der Waals surface area (Å²) in [7, 11) is -4.61. The first-order valence-corrected chi connectivity index (χ1v) is 26.1. The topological polar surface area (TPSA) is 155 Å². The Balaban J connectivity index is 4.08. The Kier molecular flexibility index (Phi) is 43.3. The van der Waals surface area contributed by atoms with Crippen molar-refractivity contribution in [3.63, 3.8) is 0 Å². The number of carboxylic acids is 1. The predicted octanol–water partition coefficient (Wildman–Crippen LogP) is 13.9. The highest BCUT2D eigenvalue weighted by Crippen LogP contribution is 2.43. The Morgan fingerprint density at radius 3 is 1.14 bits per heavy atom. The first kappa shape index (κ1) is 57.0. The highest BCUT2D eigenvalue weighted by atomic mass is 31.2. The second-order valence-electron chi connectivity index (χ2n) is 17.0. The van der Waals surface area contributed by atoms with Gasteiger partial charge >= 0.3 is 19.8 Å². The first-order valence-electron chi connectivity index (χ1n) is 24.6. The number of carboxylic acid groups (broad SMARTS) is 1. The van der Waals surface area contributed by atoms with Gasteiger partial charge in [0.1, 0.15) is 12.1 Å². The molecule has 346 valence electrons. The minimum Gasteiger partial charge on any atom is -0.480 e. The average molecular weight is 848 g/mol. The van der Waals surface area contributed by atoms with Gasteiger partial charge in [-0.05, 0) is 12.8 Å². The van der Waals surface area contributed by atoms with Crippen molar-refractivity contribution in [2.45, 2.75) is 264 Å². The molecule has 0 saturated carbocycles. The van der Waals surface area contributed by atoms with Crippen LogP contribution in [0.3, 0.4) is 0 Å². The highest BCUT2D eigenvalue weighted by Gasteiger charge is 2.27. The lowest BCUT2D eigenvalue weighted by Crippen LogP contribution is -2.34. The smallest absolute Gasteiger partial charge is 0.472 e. The van der Waals surface area contributed by atoms with Crippen LogP contribution >= 0.6 is 7.82 Å². The monoisotopic (exact) mass is 848 g/mol. The summed E-state index contributed by atoms with van der Waals surface area (Å²) in [6.07, 6.45) is 45.9. The van der Waals surface area contributed by atoms with Crippen LogP contribution in [0.15, 0.2) is 0 Å². The third kappa shape index (κ3) is 43.1. The van der Waals surface area contributed by atoms with E-state index in [0.717, 1.165) is 38.5 Å². The molecular formula is C47H94NO9P. The van der Waals surface area contributed by atoms with Crippen molar-refractivity contribution in [3.8, 4) is 0 Å². The van der Waals surface area contributed by atoms with Gasteiger partial charge in [-0.3, -0.25) is 18.6 Å². The third-order valence-corrected chi connectivity index (χ3v) is 12.1. The van der Waals surface area contributed by atoms with E-state index in [1.165, 1.54) is 193 Å². The number of hydrogen-bond acceptors (Lipinski definition) is 8. The molecule has 4 N–H and O–H groups in total. The molecule has 0 heterocycles. The third-order valence-electron chi connectivity index (χ3n) is 11.1. The lowest BCUT2D eigenvalue weighted by Gasteiger charge is -2.20. The molecule has 0 aliphatic heterocycles. The number of carbonyl (C=O) groups is 2. The first-order chi connectivity index (χ1) is 28.2. The van der Waals surface area contributed by atoms with Crippen LogP contribution in [-0.4, -0.2) is 60.5 Å². The van der Waals surface area contributed by atoms with Gasteiger partial charge in [0.15, 0.2) is 0 Å². The van der Waals surface area contributed by atoms with Gasteiger partial charge in [-0.25, -0.2) is 4.57 Å². The van der Waals surface area contributed by atoms with E-state index in [1.807, 2.05) is 0 Å². The number of phosphoric acid groups is 1. The van der Waals surface area contributed by atoms with Gasteiger partial charge in [0, 0.05) is 13.0 Å². The number of phosphoric ester groups is 1. The van der Waals surface area contributed by atoms with E-state index < -0.39 is 45.1 Å². The molecule has 0 aliphatic rings. The summed E-state index contributed by atoms with van der Waals surface area (Å²) in [6, 6.07) is -1.47. The summed E-state index contributed by atoms with van der Waals surface area (Å²) in [6.45, 7) is 3.95. The molecule has 0 aromatic heterocycles. The minimum atomic E-state index is -4.61. The maximum atomic E-state index is 12.7. The van der Waals surface area contributed by atoms with Gasteiger partial charge in [-0.15, -0.1) is 0 Å². The zero-order chi connectivity index (χ0) is 42.6. The SMILES string of the molecule is CCCCCCCCCCCCCCCCCCCCCCCOCC(COP(=O)(O)OCC(N)C(=O)O)OC(=O)CCCCCCCCCCCCCCCCC. The van der Waals surface area contributed by atoms with E-state index in [-0.39, 0.29) is 13.0 Å². The van der Waals surface area contributed by atoms with Crippen LogP contribution < -0.4 is 5.73 Å². The van der Waals surface area contributed by atoms with Gasteiger partial charge in [-0.2, -0.15) is 0 Å². The Labute approximate surface area is 357 Å². The molecule has 0 rings (SSSR count). The number of hydrogen-bond donors (Lipinski definition) is 3. The summed E-state index contributed by atoms with van der Waals surface area (Å²) in [4.78, 5) is 33.6. The van der Waals surface area contributed by atoms with Crippen molar-refractivity contribution in [1.29, 1.82) is 0 Å².